The van der Waals surface area contributed by atoms with Crippen LogP contribution in [0.4, 0.5) is 5.69 Å². The number of hydrogen-bond donors (Lipinski definition) is 1. The number of rotatable bonds is 12. The summed E-state index contributed by atoms with van der Waals surface area (Å²) in [7, 11) is -0.210. The van der Waals surface area contributed by atoms with Crippen molar-refractivity contribution in [3.8, 4) is 0 Å². The summed E-state index contributed by atoms with van der Waals surface area (Å²) in [6.07, 6.45) is -0.715. The first kappa shape index (κ1) is 31.1. The highest BCUT2D eigenvalue weighted by molar-refractivity contribution is 7.38. The maximum atomic E-state index is 13.9. The highest BCUT2D eigenvalue weighted by Crippen LogP contribution is 2.44. The van der Waals surface area contributed by atoms with Crippen LogP contribution in [0, 0.1) is 10.1 Å². The predicted molar refractivity (Wildman–Crippen MR) is 152 cm³/mol. The maximum Gasteiger partial charge on any atom is 0.344 e. The standard InChI is InChI=1S/C29H35N2O8P/c1-19(2)38-29(24-13-10-14-25(17-24)31(33)34)26(21(5)30(39-20(3)4)22(6)27(29)40-35)28(32)37-16-15-36-18-23-11-8-7-9-12-23/h7-14,17,19-20H,15-16,18H2,1-6H3/p+1. The second-order valence-electron chi connectivity index (χ2n) is 9.77. The van der Waals surface area contributed by atoms with Gasteiger partial charge < -0.3 is 19.1 Å². The molecule has 1 N–H and O–H groups in total. The third-order valence-electron chi connectivity index (χ3n) is 6.07. The molecule has 0 radical (unpaired) electrons. The Labute approximate surface area is 235 Å². The van der Waals surface area contributed by atoms with E-state index in [1.54, 1.807) is 33.8 Å². The Bertz CT molecular complexity index is 1320. The van der Waals surface area contributed by atoms with Crippen LogP contribution >= 0.6 is 8.43 Å². The molecular formula is C29H36N2O8P+. The summed E-state index contributed by atoms with van der Waals surface area (Å²) < 4.78 is 19.3. The van der Waals surface area contributed by atoms with Gasteiger partial charge in [0.2, 0.25) is 11.4 Å². The quantitative estimate of drug-likeness (QED) is 0.0933. The van der Waals surface area contributed by atoms with Gasteiger partial charge in [-0.3, -0.25) is 15.0 Å². The molecule has 0 bridgehead atoms. The van der Waals surface area contributed by atoms with Crippen LogP contribution in [0.3, 0.4) is 0 Å². The van der Waals surface area contributed by atoms with E-state index in [0.29, 0.717) is 23.6 Å². The van der Waals surface area contributed by atoms with Gasteiger partial charge in [-0.1, -0.05) is 42.5 Å². The molecule has 0 saturated heterocycles. The van der Waals surface area contributed by atoms with Crippen molar-refractivity contribution < 1.29 is 38.4 Å². The van der Waals surface area contributed by atoms with Crippen LogP contribution in [0.5, 0.6) is 0 Å². The molecule has 1 aliphatic rings. The molecule has 1 atom stereocenters. The van der Waals surface area contributed by atoms with E-state index in [1.165, 1.54) is 22.9 Å². The first-order chi connectivity index (χ1) is 19.0. The van der Waals surface area contributed by atoms with E-state index in [4.69, 9.17) is 19.0 Å². The number of hydroxylamine groups is 1. The highest BCUT2D eigenvalue weighted by atomic mass is 31.1. The highest BCUT2D eigenvalue weighted by Gasteiger charge is 2.57. The minimum atomic E-state index is -1.69. The molecule has 3 rings (SSSR count). The van der Waals surface area contributed by atoms with Crippen molar-refractivity contribution in [2.45, 2.75) is 66.0 Å². The minimum Gasteiger partial charge on any atom is -0.460 e. The number of nitrogens with zero attached hydrogens (tertiary/aromatic N) is 2. The predicted octanol–water partition coefficient (Wildman–Crippen LogP) is 5.10. The second-order valence-corrected chi connectivity index (χ2v) is 10.4. The van der Waals surface area contributed by atoms with Gasteiger partial charge in [-0.15, -0.1) is 0 Å². The summed E-state index contributed by atoms with van der Waals surface area (Å²) in [6, 6.07) is 15.5. The van der Waals surface area contributed by atoms with Crippen LogP contribution in [0.15, 0.2) is 65.9 Å². The SMILES string of the molecule is CC1=C(C(=O)OCCOCc2ccccc2)C(OC(C)C)(c2cccc([N+](=O)[O-])c2)C(=PO)C(C)=[N+]1OC(C)C. The first-order valence-corrected chi connectivity index (χ1v) is 13.8. The lowest BCUT2D eigenvalue weighted by atomic mass is 9.78. The van der Waals surface area contributed by atoms with E-state index in [9.17, 15) is 19.8 Å². The van der Waals surface area contributed by atoms with Crippen LogP contribution in [0.2, 0.25) is 0 Å². The van der Waals surface area contributed by atoms with Gasteiger partial charge in [-0.25, -0.2) is 4.79 Å². The van der Waals surface area contributed by atoms with Gasteiger partial charge in [-0.2, -0.15) is 0 Å². The lowest BCUT2D eigenvalue weighted by molar-refractivity contribution is -0.762. The Morgan fingerprint density at radius 1 is 1.05 bits per heavy atom. The molecule has 0 aromatic heterocycles. The summed E-state index contributed by atoms with van der Waals surface area (Å²) in [4.78, 5) is 41.8. The molecule has 0 amide bonds. The van der Waals surface area contributed by atoms with Gasteiger partial charge >= 0.3 is 5.97 Å². The number of hydrogen-bond acceptors (Lipinski definition) is 8. The average molecular weight is 572 g/mol. The van der Waals surface area contributed by atoms with Crippen LogP contribution in [-0.2, 0) is 36.1 Å². The summed E-state index contributed by atoms with van der Waals surface area (Å²) in [6.45, 7) is 11.1. The van der Waals surface area contributed by atoms with Crippen LogP contribution in [0.25, 0.3) is 0 Å². The van der Waals surface area contributed by atoms with Crippen molar-refractivity contribution in [1.82, 2.24) is 0 Å². The lowest BCUT2D eigenvalue weighted by Gasteiger charge is -2.39. The molecule has 11 heteroatoms. The monoisotopic (exact) mass is 571 g/mol. The summed E-state index contributed by atoms with van der Waals surface area (Å²) in [5.41, 5.74) is 0.337. The summed E-state index contributed by atoms with van der Waals surface area (Å²) >= 11 is 0. The fourth-order valence-corrected chi connectivity index (χ4v) is 5.24. The topological polar surface area (TPSA) is 120 Å². The van der Waals surface area contributed by atoms with Crippen molar-refractivity contribution >= 4 is 31.1 Å². The van der Waals surface area contributed by atoms with Gasteiger partial charge in [-0.05, 0) is 33.3 Å². The zero-order chi connectivity index (χ0) is 29.4. The zero-order valence-corrected chi connectivity index (χ0v) is 24.5. The van der Waals surface area contributed by atoms with E-state index in [0.717, 1.165) is 5.56 Å². The molecule has 214 valence electrons. The van der Waals surface area contributed by atoms with Crippen LogP contribution < -0.4 is 0 Å². The summed E-state index contributed by atoms with van der Waals surface area (Å²) in [5.74, 6) is -0.723. The number of ether oxygens (including phenoxy) is 3. The van der Waals surface area contributed by atoms with E-state index < -0.39 is 22.6 Å². The van der Waals surface area contributed by atoms with Gasteiger partial charge in [0.15, 0.2) is 11.7 Å². The smallest absolute Gasteiger partial charge is 0.344 e. The molecule has 0 saturated carbocycles. The number of allylic oxidation sites excluding steroid dienone is 1. The average Bonchev–Trinajstić information content (AvgIpc) is 2.91. The molecule has 1 aliphatic heterocycles. The Morgan fingerprint density at radius 2 is 1.75 bits per heavy atom. The number of nitro benzene ring substituents is 1. The van der Waals surface area contributed by atoms with Crippen molar-refractivity contribution in [1.29, 1.82) is 0 Å². The fraction of sp³-hybridized carbons (Fsp3) is 0.414. The molecule has 1 unspecified atom stereocenters. The molecule has 2 aromatic rings. The van der Waals surface area contributed by atoms with Crippen molar-refractivity contribution in [2.24, 2.45) is 0 Å². The minimum absolute atomic E-state index is 0.0466. The number of carbonyl (C=O) groups is 1. The van der Waals surface area contributed by atoms with Crippen LogP contribution in [-0.4, -0.2) is 57.0 Å². The van der Waals surface area contributed by atoms with Gasteiger partial charge in [0.25, 0.3) is 5.69 Å². The van der Waals surface area contributed by atoms with E-state index >= 15 is 0 Å². The van der Waals surface area contributed by atoms with Gasteiger partial charge in [0.05, 0.1) is 32.7 Å². The van der Waals surface area contributed by atoms with E-state index in [-0.39, 0.29) is 44.3 Å². The number of non-ortho nitro benzene ring substituents is 1. The molecular weight excluding hydrogens is 535 g/mol. The summed E-state index contributed by atoms with van der Waals surface area (Å²) in [5, 5.41) is 12.0. The third-order valence-corrected chi connectivity index (χ3v) is 6.91. The molecule has 1 heterocycles. The Hall–Kier alpha value is -3.43. The Kier molecular flexibility index (Phi) is 10.7. The van der Waals surface area contributed by atoms with Crippen molar-refractivity contribution in [3.63, 3.8) is 0 Å². The maximum absolute atomic E-state index is 13.9. The lowest BCUT2D eigenvalue weighted by Crippen LogP contribution is -2.53. The molecule has 40 heavy (non-hydrogen) atoms. The molecule has 0 spiro atoms. The largest absolute Gasteiger partial charge is 0.460 e. The number of carbonyl (C=O) groups excluding carboxylic acids is 1. The third kappa shape index (κ3) is 6.82. The van der Waals surface area contributed by atoms with E-state index in [2.05, 4.69) is 0 Å². The van der Waals surface area contributed by atoms with Gasteiger partial charge in [0, 0.05) is 36.3 Å². The number of esters is 1. The normalized spacial score (nSPS) is 18.6. The molecule has 10 nitrogen and oxygen atoms in total. The number of nitro groups is 1. The van der Waals surface area contributed by atoms with Gasteiger partial charge in [0.1, 0.15) is 17.5 Å². The van der Waals surface area contributed by atoms with Crippen LogP contribution in [0.1, 0.15) is 52.7 Å². The fourth-order valence-electron chi connectivity index (χ4n) is 4.57. The molecule has 0 aliphatic carbocycles. The van der Waals surface area contributed by atoms with Crippen molar-refractivity contribution in [3.05, 3.63) is 87.1 Å². The molecule has 0 fully saturated rings. The second kappa shape index (κ2) is 13.8. The Morgan fingerprint density at radius 3 is 2.35 bits per heavy atom. The van der Waals surface area contributed by atoms with Crippen molar-refractivity contribution in [2.75, 3.05) is 13.2 Å². The Balaban J connectivity index is 2.09. The number of benzene rings is 2. The first-order valence-electron chi connectivity index (χ1n) is 13.0. The molecule has 2 aromatic carbocycles. The van der Waals surface area contributed by atoms with E-state index in [1.807, 2.05) is 44.2 Å². The zero-order valence-electron chi connectivity index (χ0n) is 23.6.